The van der Waals surface area contributed by atoms with Crippen molar-refractivity contribution in [2.75, 3.05) is 0 Å². The quantitative estimate of drug-likeness (QED) is 0.415. The molecule has 0 aliphatic heterocycles. The van der Waals surface area contributed by atoms with Gasteiger partial charge in [-0.1, -0.05) is 30.3 Å². The SMILES string of the molecule is O=[N+]([O-])c1ccc(N=Nc2ccc3ccccc3c2O)c([N+](=O)[O-])c1. The second-order valence-corrected chi connectivity index (χ2v) is 5.04. The summed E-state index contributed by atoms with van der Waals surface area (Å²) in [6, 6.07) is 13.4. The van der Waals surface area contributed by atoms with Crippen molar-refractivity contribution in [3.63, 3.8) is 0 Å². The lowest BCUT2D eigenvalue weighted by molar-refractivity contribution is -0.393. The number of aromatic hydroxyl groups is 1. The number of nitrogens with zero attached hydrogens (tertiary/aromatic N) is 4. The Balaban J connectivity index is 2.04. The van der Waals surface area contributed by atoms with Crippen LogP contribution in [0.1, 0.15) is 0 Å². The van der Waals surface area contributed by atoms with Gasteiger partial charge in [0.1, 0.15) is 5.69 Å². The first-order valence-electron chi connectivity index (χ1n) is 7.02. The van der Waals surface area contributed by atoms with E-state index in [1.807, 2.05) is 12.1 Å². The molecule has 25 heavy (non-hydrogen) atoms. The van der Waals surface area contributed by atoms with Crippen molar-refractivity contribution in [3.8, 4) is 5.75 Å². The van der Waals surface area contributed by atoms with Crippen LogP contribution >= 0.6 is 0 Å². The third-order valence-corrected chi connectivity index (χ3v) is 3.51. The molecule has 0 saturated carbocycles. The molecule has 3 aromatic rings. The minimum atomic E-state index is -0.776. The van der Waals surface area contributed by atoms with Crippen molar-refractivity contribution < 1.29 is 15.0 Å². The number of benzene rings is 3. The molecule has 0 aromatic heterocycles. The maximum Gasteiger partial charge on any atom is 0.303 e. The van der Waals surface area contributed by atoms with Gasteiger partial charge in [-0.3, -0.25) is 20.2 Å². The van der Waals surface area contributed by atoms with E-state index >= 15 is 0 Å². The molecule has 0 fully saturated rings. The van der Waals surface area contributed by atoms with Gasteiger partial charge in [0, 0.05) is 11.5 Å². The number of hydrogen-bond acceptors (Lipinski definition) is 7. The number of hydrogen-bond donors (Lipinski definition) is 1. The van der Waals surface area contributed by atoms with E-state index in [2.05, 4.69) is 10.2 Å². The number of phenols is 1. The number of rotatable bonds is 4. The van der Waals surface area contributed by atoms with Gasteiger partial charge >= 0.3 is 5.69 Å². The van der Waals surface area contributed by atoms with Crippen LogP contribution in [-0.4, -0.2) is 15.0 Å². The molecule has 0 radical (unpaired) electrons. The maximum absolute atomic E-state index is 11.1. The normalized spacial score (nSPS) is 11.0. The summed E-state index contributed by atoms with van der Waals surface area (Å²) in [6.45, 7) is 0. The van der Waals surface area contributed by atoms with Crippen molar-refractivity contribution in [3.05, 3.63) is 74.8 Å². The number of non-ortho nitro benzene ring substituents is 1. The number of azo groups is 1. The smallest absolute Gasteiger partial charge is 0.303 e. The summed E-state index contributed by atoms with van der Waals surface area (Å²) >= 11 is 0. The average Bonchev–Trinajstić information content (AvgIpc) is 2.61. The van der Waals surface area contributed by atoms with E-state index in [0.717, 1.165) is 23.6 Å². The lowest BCUT2D eigenvalue weighted by Crippen LogP contribution is -1.92. The second-order valence-electron chi connectivity index (χ2n) is 5.04. The van der Waals surface area contributed by atoms with E-state index in [0.29, 0.717) is 5.39 Å². The highest BCUT2D eigenvalue weighted by molar-refractivity contribution is 5.92. The van der Waals surface area contributed by atoms with E-state index in [1.165, 1.54) is 6.07 Å². The Kier molecular flexibility index (Phi) is 4.04. The minimum Gasteiger partial charge on any atom is -0.505 e. The van der Waals surface area contributed by atoms with Gasteiger partial charge in [0.15, 0.2) is 11.4 Å². The molecule has 0 spiro atoms. The molecule has 0 atom stereocenters. The number of nitro benzene ring substituents is 2. The van der Waals surface area contributed by atoms with Crippen LogP contribution < -0.4 is 0 Å². The zero-order valence-electron chi connectivity index (χ0n) is 12.6. The Bertz CT molecular complexity index is 1030. The molecule has 3 aromatic carbocycles. The van der Waals surface area contributed by atoms with Gasteiger partial charge in [-0.05, 0) is 17.5 Å². The first-order valence-corrected chi connectivity index (χ1v) is 7.02. The van der Waals surface area contributed by atoms with Crippen molar-refractivity contribution >= 4 is 33.5 Å². The van der Waals surface area contributed by atoms with Crippen molar-refractivity contribution in [1.82, 2.24) is 0 Å². The van der Waals surface area contributed by atoms with E-state index in [1.54, 1.807) is 18.2 Å². The topological polar surface area (TPSA) is 131 Å². The fourth-order valence-electron chi connectivity index (χ4n) is 2.29. The van der Waals surface area contributed by atoms with E-state index < -0.39 is 21.2 Å². The van der Waals surface area contributed by atoms with Crippen LogP contribution in [0.25, 0.3) is 10.8 Å². The van der Waals surface area contributed by atoms with E-state index in [9.17, 15) is 25.3 Å². The fourth-order valence-corrected chi connectivity index (χ4v) is 2.29. The lowest BCUT2D eigenvalue weighted by Gasteiger charge is -2.03. The molecular weight excluding hydrogens is 328 g/mol. The van der Waals surface area contributed by atoms with Gasteiger partial charge in [-0.2, -0.15) is 0 Å². The largest absolute Gasteiger partial charge is 0.505 e. The molecule has 1 N–H and O–H groups in total. The average molecular weight is 338 g/mol. The second kappa shape index (κ2) is 6.32. The van der Waals surface area contributed by atoms with Crippen LogP contribution in [0.3, 0.4) is 0 Å². The molecule has 0 unspecified atom stereocenters. The molecule has 0 aliphatic carbocycles. The third-order valence-electron chi connectivity index (χ3n) is 3.51. The summed E-state index contributed by atoms with van der Waals surface area (Å²) < 4.78 is 0. The van der Waals surface area contributed by atoms with Gasteiger partial charge in [-0.25, -0.2) is 0 Å². The molecule has 124 valence electrons. The van der Waals surface area contributed by atoms with Gasteiger partial charge in [0.25, 0.3) is 5.69 Å². The monoisotopic (exact) mass is 338 g/mol. The summed E-state index contributed by atoms with van der Waals surface area (Å²) in [5, 5.41) is 41.0. The molecule has 0 saturated heterocycles. The number of nitro groups is 2. The maximum atomic E-state index is 11.1. The van der Waals surface area contributed by atoms with Crippen molar-refractivity contribution in [2.45, 2.75) is 0 Å². The van der Waals surface area contributed by atoms with Crippen molar-refractivity contribution in [2.24, 2.45) is 10.2 Å². The first-order chi connectivity index (χ1) is 12.0. The Hall–Kier alpha value is -3.88. The lowest BCUT2D eigenvalue weighted by atomic mass is 10.1. The molecular formula is C16H10N4O5. The molecule has 9 nitrogen and oxygen atoms in total. The van der Waals surface area contributed by atoms with E-state index in [4.69, 9.17) is 0 Å². The van der Waals surface area contributed by atoms with E-state index in [-0.39, 0.29) is 17.1 Å². The molecule has 9 heteroatoms. The molecule has 3 rings (SSSR count). The van der Waals surface area contributed by atoms with Crippen LogP contribution in [0, 0.1) is 20.2 Å². The highest BCUT2D eigenvalue weighted by atomic mass is 16.6. The standard InChI is InChI=1S/C16H10N4O5/c21-16-12-4-2-1-3-10(12)5-7-14(16)18-17-13-8-6-11(19(22)23)9-15(13)20(24)25/h1-9,21H. The van der Waals surface area contributed by atoms with Crippen LogP contribution in [-0.2, 0) is 0 Å². The summed E-state index contributed by atoms with van der Waals surface area (Å²) in [6.07, 6.45) is 0. The fraction of sp³-hybridized carbons (Fsp3) is 0. The summed E-state index contributed by atoms with van der Waals surface area (Å²) in [4.78, 5) is 20.3. The molecule has 0 aliphatic rings. The van der Waals surface area contributed by atoms with Gasteiger partial charge in [-0.15, -0.1) is 10.2 Å². The zero-order chi connectivity index (χ0) is 18.0. The predicted molar refractivity (Wildman–Crippen MR) is 89.5 cm³/mol. The molecule has 0 heterocycles. The Morgan fingerprint density at radius 1 is 0.840 bits per heavy atom. The van der Waals surface area contributed by atoms with Crippen LogP contribution in [0.5, 0.6) is 5.75 Å². The Morgan fingerprint density at radius 3 is 2.24 bits per heavy atom. The molecule has 0 amide bonds. The molecule has 0 bridgehead atoms. The Morgan fingerprint density at radius 2 is 1.52 bits per heavy atom. The summed E-state index contributed by atoms with van der Waals surface area (Å²) in [5.74, 6) is -0.105. The Labute approximate surface area is 140 Å². The van der Waals surface area contributed by atoms with Gasteiger partial charge in [0.2, 0.25) is 0 Å². The summed E-state index contributed by atoms with van der Waals surface area (Å²) in [5.41, 5.74) is -0.980. The highest BCUT2D eigenvalue weighted by Crippen LogP contribution is 2.37. The van der Waals surface area contributed by atoms with Crippen LogP contribution in [0.2, 0.25) is 0 Å². The highest BCUT2D eigenvalue weighted by Gasteiger charge is 2.19. The van der Waals surface area contributed by atoms with Crippen LogP contribution in [0.15, 0.2) is 64.8 Å². The number of fused-ring (bicyclic) bond motifs is 1. The van der Waals surface area contributed by atoms with Crippen molar-refractivity contribution in [1.29, 1.82) is 0 Å². The summed E-state index contributed by atoms with van der Waals surface area (Å²) in [7, 11) is 0. The van der Waals surface area contributed by atoms with Crippen LogP contribution in [0.4, 0.5) is 22.7 Å². The van der Waals surface area contributed by atoms with Gasteiger partial charge < -0.3 is 5.11 Å². The zero-order valence-corrected chi connectivity index (χ0v) is 12.6. The third kappa shape index (κ3) is 3.11. The number of phenolic OH excluding ortho intramolecular Hbond substituents is 1. The minimum absolute atomic E-state index is 0.105. The van der Waals surface area contributed by atoms with Gasteiger partial charge in [0.05, 0.1) is 15.9 Å². The first kappa shape index (κ1) is 16.0. The predicted octanol–water partition coefficient (Wildman–Crippen LogP) is 4.78.